The molecule has 3 rings (SSSR count). The van der Waals surface area contributed by atoms with Gasteiger partial charge >= 0.3 is 0 Å². The topological polar surface area (TPSA) is 44.9 Å². The van der Waals surface area contributed by atoms with Gasteiger partial charge in [0.2, 0.25) is 0 Å². The molecule has 1 heterocycles. The van der Waals surface area contributed by atoms with Crippen LogP contribution in [-0.2, 0) is 7.05 Å². The van der Waals surface area contributed by atoms with E-state index in [1.807, 2.05) is 14.0 Å². The third-order valence-corrected chi connectivity index (χ3v) is 4.50. The normalized spacial score (nSPS) is 18.2. The largest absolute Gasteiger partial charge is 0.331 e. The van der Waals surface area contributed by atoms with Crippen molar-refractivity contribution in [2.24, 2.45) is 12.5 Å². The second-order valence-electron chi connectivity index (χ2n) is 6.10. The zero-order chi connectivity index (χ0) is 14.5. The van der Waals surface area contributed by atoms with Gasteiger partial charge in [0.1, 0.15) is 5.82 Å². The maximum atomic E-state index is 9.50. The number of hydrogen-bond donors (Lipinski definition) is 0. The first kappa shape index (κ1) is 13.1. The third-order valence-electron chi connectivity index (χ3n) is 4.50. The van der Waals surface area contributed by atoms with Crippen LogP contribution < -0.4 is 0 Å². The summed E-state index contributed by atoms with van der Waals surface area (Å²) in [6.45, 7) is 2.01. The van der Waals surface area contributed by atoms with Crippen molar-refractivity contribution >= 4 is 11.0 Å². The van der Waals surface area contributed by atoms with Crippen LogP contribution >= 0.6 is 0 Å². The van der Waals surface area contributed by atoms with E-state index in [9.17, 15) is 5.26 Å². The number of benzene rings is 1. The van der Waals surface area contributed by atoms with Gasteiger partial charge in [0.25, 0.3) is 0 Å². The summed E-state index contributed by atoms with van der Waals surface area (Å²) in [7, 11) is 6.14. The Morgan fingerprint density at radius 2 is 2.10 bits per heavy atom. The molecule has 1 saturated carbocycles. The second-order valence-corrected chi connectivity index (χ2v) is 6.10. The van der Waals surface area contributed by atoms with Crippen molar-refractivity contribution in [1.29, 1.82) is 5.26 Å². The molecule has 1 aromatic carbocycles. The number of fused-ring (bicyclic) bond motifs is 1. The summed E-state index contributed by atoms with van der Waals surface area (Å²) in [4.78, 5) is 6.76. The molecule has 1 aromatic heterocycles. The van der Waals surface area contributed by atoms with E-state index >= 15 is 0 Å². The van der Waals surface area contributed by atoms with E-state index in [2.05, 4.69) is 52.8 Å². The molecule has 1 aliphatic carbocycles. The summed E-state index contributed by atoms with van der Waals surface area (Å²) in [5.41, 5.74) is 3.15. The number of aryl methyl sites for hydroxylation is 2. The second kappa shape index (κ2) is 4.32. The number of aromatic nitrogens is 2. The molecule has 0 bridgehead atoms. The van der Waals surface area contributed by atoms with Gasteiger partial charge in [0.05, 0.1) is 28.6 Å². The molecule has 0 amide bonds. The van der Waals surface area contributed by atoms with Crippen LogP contribution in [-0.4, -0.2) is 28.5 Å². The van der Waals surface area contributed by atoms with Gasteiger partial charge in [-0.05, 0) is 51.6 Å². The van der Waals surface area contributed by atoms with Gasteiger partial charge in [-0.25, -0.2) is 4.98 Å². The molecule has 20 heavy (non-hydrogen) atoms. The van der Waals surface area contributed by atoms with Crippen LogP contribution in [0, 0.1) is 23.7 Å². The Balaban J connectivity index is 2.11. The summed E-state index contributed by atoms with van der Waals surface area (Å²) in [6, 6.07) is 9.09. The fourth-order valence-electron chi connectivity index (χ4n) is 3.20. The summed E-state index contributed by atoms with van der Waals surface area (Å²) in [5.74, 6) is 1.01. The maximum absolute atomic E-state index is 9.50. The minimum absolute atomic E-state index is 0.152. The van der Waals surface area contributed by atoms with Gasteiger partial charge in [0.15, 0.2) is 0 Å². The highest BCUT2D eigenvalue weighted by molar-refractivity contribution is 5.77. The van der Waals surface area contributed by atoms with E-state index < -0.39 is 0 Å². The summed E-state index contributed by atoms with van der Waals surface area (Å²) >= 11 is 0. The van der Waals surface area contributed by atoms with E-state index in [1.165, 1.54) is 5.56 Å². The molecule has 0 spiro atoms. The Hall–Kier alpha value is -1.86. The molecule has 1 unspecified atom stereocenters. The van der Waals surface area contributed by atoms with Gasteiger partial charge < -0.3 is 9.47 Å². The lowest BCUT2D eigenvalue weighted by atomic mass is 9.90. The fourth-order valence-corrected chi connectivity index (χ4v) is 3.20. The first-order valence-electron chi connectivity index (χ1n) is 6.99. The molecule has 0 aliphatic heterocycles. The molecule has 4 heteroatoms. The fraction of sp³-hybridized carbons (Fsp3) is 0.500. The van der Waals surface area contributed by atoms with Crippen LogP contribution in [0.1, 0.15) is 30.3 Å². The Bertz CT molecular complexity index is 701. The van der Waals surface area contributed by atoms with Crippen LogP contribution in [0.5, 0.6) is 0 Å². The Labute approximate surface area is 119 Å². The first-order chi connectivity index (χ1) is 9.48. The zero-order valence-electron chi connectivity index (χ0n) is 12.5. The van der Waals surface area contributed by atoms with Crippen molar-refractivity contribution in [3.05, 3.63) is 29.6 Å². The Morgan fingerprint density at radius 1 is 1.40 bits per heavy atom. The van der Waals surface area contributed by atoms with Gasteiger partial charge in [-0.3, -0.25) is 0 Å². The average Bonchev–Trinajstić information content (AvgIpc) is 3.13. The molecule has 1 aliphatic rings. The van der Waals surface area contributed by atoms with E-state index in [0.717, 1.165) is 29.7 Å². The van der Waals surface area contributed by atoms with Crippen molar-refractivity contribution in [2.45, 2.75) is 25.8 Å². The number of nitrogens with zero attached hydrogens (tertiary/aromatic N) is 4. The van der Waals surface area contributed by atoms with Crippen LogP contribution in [0.3, 0.4) is 0 Å². The monoisotopic (exact) mass is 268 g/mol. The predicted molar refractivity (Wildman–Crippen MR) is 79.2 cm³/mol. The minimum atomic E-state index is -0.207. The highest BCUT2D eigenvalue weighted by Crippen LogP contribution is 2.56. The molecule has 1 atom stereocenters. The van der Waals surface area contributed by atoms with Crippen LogP contribution in [0.2, 0.25) is 0 Å². The van der Waals surface area contributed by atoms with Gasteiger partial charge in [0, 0.05) is 7.05 Å². The smallest absolute Gasteiger partial charge is 0.106 e. The summed E-state index contributed by atoms with van der Waals surface area (Å²) < 4.78 is 2.10. The van der Waals surface area contributed by atoms with Crippen LogP contribution in [0.25, 0.3) is 11.0 Å². The van der Waals surface area contributed by atoms with Crippen molar-refractivity contribution < 1.29 is 0 Å². The van der Waals surface area contributed by atoms with E-state index in [4.69, 9.17) is 0 Å². The van der Waals surface area contributed by atoms with Gasteiger partial charge in [-0.2, -0.15) is 5.26 Å². The quantitative estimate of drug-likeness (QED) is 0.860. The first-order valence-corrected chi connectivity index (χ1v) is 6.99. The lowest BCUT2D eigenvalue weighted by Gasteiger charge is -2.28. The zero-order valence-corrected chi connectivity index (χ0v) is 12.5. The van der Waals surface area contributed by atoms with Crippen molar-refractivity contribution in [2.75, 3.05) is 14.1 Å². The minimum Gasteiger partial charge on any atom is -0.331 e. The molecule has 0 radical (unpaired) electrons. The molecule has 0 saturated heterocycles. The van der Waals surface area contributed by atoms with Gasteiger partial charge in [-0.15, -0.1) is 0 Å². The lowest BCUT2D eigenvalue weighted by Crippen LogP contribution is -2.27. The van der Waals surface area contributed by atoms with E-state index in [1.54, 1.807) is 0 Å². The van der Waals surface area contributed by atoms with Crippen LogP contribution in [0.4, 0.5) is 0 Å². The SMILES string of the molecule is Cc1nc2cc(C(N(C)C)C3(C#N)CC3)ccc2n1C. The number of rotatable bonds is 3. The highest BCUT2D eigenvalue weighted by atomic mass is 15.1. The number of nitriles is 1. The maximum Gasteiger partial charge on any atom is 0.106 e. The summed E-state index contributed by atoms with van der Waals surface area (Å²) in [6.07, 6.45) is 1.98. The highest BCUT2D eigenvalue weighted by Gasteiger charge is 2.51. The van der Waals surface area contributed by atoms with Crippen molar-refractivity contribution in [3.63, 3.8) is 0 Å². The Morgan fingerprint density at radius 3 is 2.65 bits per heavy atom. The summed E-state index contributed by atoms with van der Waals surface area (Å²) in [5, 5.41) is 9.50. The molecular formula is C16H20N4. The Kier molecular flexibility index (Phi) is 2.84. The van der Waals surface area contributed by atoms with Crippen molar-refractivity contribution in [1.82, 2.24) is 14.5 Å². The predicted octanol–water partition coefficient (Wildman–Crippen LogP) is 2.79. The molecule has 2 aromatic rings. The molecule has 0 N–H and O–H groups in total. The molecular weight excluding hydrogens is 248 g/mol. The van der Waals surface area contributed by atoms with Crippen molar-refractivity contribution in [3.8, 4) is 6.07 Å². The lowest BCUT2D eigenvalue weighted by molar-refractivity contribution is 0.232. The molecule has 104 valence electrons. The standard InChI is InChI=1S/C16H20N4/c1-11-18-13-9-12(5-6-14(13)20(11)4)15(19(2)3)16(10-17)7-8-16/h5-6,9,15H,7-8H2,1-4H3. The van der Waals surface area contributed by atoms with Crippen LogP contribution in [0.15, 0.2) is 18.2 Å². The van der Waals surface area contributed by atoms with E-state index in [-0.39, 0.29) is 11.5 Å². The molecule has 4 nitrogen and oxygen atoms in total. The third kappa shape index (κ3) is 1.82. The molecule has 1 fully saturated rings. The van der Waals surface area contributed by atoms with Gasteiger partial charge in [-0.1, -0.05) is 6.07 Å². The number of imidazole rings is 1. The van der Waals surface area contributed by atoms with E-state index in [0.29, 0.717) is 0 Å². The number of hydrogen-bond acceptors (Lipinski definition) is 3. The average molecular weight is 268 g/mol.